The maximum atomic E-state index is 9.76. The summed E-state index contributed by atoms with van der Waals surface area (Å²) in [4.78, 5) is 0. The maximum absolute atomic E-state index is 9.76. The van der Waals surface area contributed by atoms with E-state index in [-0.39, 0.29) is 6.10 Å². The summed E-state index contributed by atoms with van der Waals surface area (Å²) in [6.45, 7) is 8.90. The first-order valence-electron chi connectivity index (χ1n) is 4.57. The molecule has 1 aliphatic heterocycles. The minimum absolute atomic E-state index is 0.347. The number of aliphatic hydroxyl groups excluding tert-OH is 1. The molecule has 12 heavy (non-hydrogen) atoms. The van der Waals surface area contributed by atoms with Crippen LogP contribution in [-0.2, 0) is 4.74 Å². The summed E-state index contributed by atoms with van der Waals surface area (Å²) >= 11 is 0. The minimum atomic E-state index is -0.447. The molecular formula is C10H16O2. The summed E-state index contributed by atoms with van der Waals surface area (Å²) in [7, 11) is 0. The van der Waals surface area contributed by atoms with Crippen molar-refractivity contribution in [1.82, 2.24) is 0 Å². The average Bonchev–Trinajstić information content (AvgIpc) is 2.17. The second kappa shape index (κ2) is 2.33. The van der Waals surface area contributed by atoms with Gasteiger partial charge in [0, 0.05) is 0 Å². The molecule has 68 valence electrons. The Hall–Kier alpha value is -0.340. The number of fused-ring (bicyclic) bond motifs is 2. The van der Waals surface area contributed by atoms with E-state index in [4.69, 9.17) is 4.74 Å². The molecule has 4 atom stereocenters. The van der Waals surface area contributed by atoms with Gasteiger partial charge in [-0.05, 0) is 30.8 Å². The molecule has 2 bridgehead atoms. The highest BCUT2D eigenvalue weighted by Crippen LogP contribution is 2.48. The summed E-state index contributed by atoms with van der Waals surface area (Å²) in [5.41, 5.74) is 0.644. The highest BCUT2D eigenvalue weighted by atomic mass is 16.5. The van der Waals surface area contributed by atoms with Crippen molar-refractivity contribution in [2.45, 2.75) is 32.0 Å². The Morgan fingerprint density at radius 3 is 2.92 bits per heavy atom. The van der Waals surface area contributed by atoms with Gasteiger partial charge in [0.2, 0.25) is 0 Å². The molecule has 1 N–H and O–H groups in total. The molecule has 0 aromatic heterocycles. The van der Waals surface area contributed by atoms with Gasteiger partial charge in [-0.2, -0.15) is 0 Å². The summed E-state index contributed by atoms with van der Waals surface area (Å²) in [6, 6.07) is 0. The van der Waals surface area contributed by atoms with Gasteiger partial charge in [-0.25, -0.2) is 0 Å². The van der Waals surface area contributed by atoms with E-state index in [1.807, 2.05) is 6.92 Å². The number of aliphatic hydroxyl groups is 1. The molecule has 2 aliphatic rings. The van der Waals surface area contributed by atoms with Crippen LogP contribution in [0.4, 0.5) is 0 Å². The second-order valence-corrected chi connectivity index (χ2v) is 4.28. The van der Waals surface area contributed by atoms with Crippen LogP contribution in [0.3, 0.4) is 0 Å². The summed E-state index contributed by atoms with van der Waals surface area (Å²) < 4.78 is 5.64. The number of rotatable bonds is 0. The van der Waals surface area contributed by atoms with Crippen LogP contribution in [0.25, 0.3) is 0 Å². The van der Waals surface area contributed by atoms with Gasteiger partial charge >= 0.3 is 0 Å². The molecule has 1 saturated carbocycles. The fraction of sp³-hybridized carbons (Fsp3) is 0.800. The van der Waals surface area contributed by atoms with Gasteiger partial charge in [0.05, 0.1) is 12.7 Å². The first-order valence-corrected chi connectivity index (χ1v) is 4.57. The molecule has 2 heteroatoms. The average molecular weight is 168 g/mol. The largest absolute Gasteiger partial charge is 0.390 e. The van der Waals surface area contributed by atoms with Crippen LogP contribution < -0.4 is 0 Å². The van der Waals surface area contributed by atoms with Crippen LogP contribution in [0.2, 0.25) is 0 Å². The van der Waals surface area contributed by atoms with Crippen molar-refractivity contribution in [3.05, 3.63) is 12.2 Å². The third-order valence-electron chi connectivity index (χ3n) is 3.53. The molecule has 2 nitrogen and oxygen atoms in total. The Morgan fingerprint density at radius 2 is 2.33 bits per heavy atom. The number of ether oxygens (including phenoxy) is 1. The van der Waals surface area contributed by atoms with Gasteiger partial charge in [0.1, 0.15) is 5.60 Å². The zero-order valence-corrected chi connectivity index (χ0v) is 7.71. The fourth-order valence-electron chi connectivity index (χ4n) is 2.38. The predicted molar refractivity (Wildman–Crippen MR) is 46.8 cm³/mol. The Labute approximate surface area is 73.2 Å². The molecule has 1 aliphatic carbocycles. The minimum Gasteiger partial charge on any atom is -0.390 e. The van der Waals surface area contributed by atoms with E-state index in [0.29, 0.717) is 11.8 Å². The fourth-order valence-corrected chi connectivity index (χ4v) is 2.38. The van der Waals surface area contributed by atoms with Crippen LogP contribution in [-0.4, -0.2) is 23.4 Å². The molecule has 0 amide bonds. The lowest BCUT2D eigenvalue weighted by atomic mass is 9.84. The summed E-state index contributed by atoms with van der Waals surface area (Å²) in [5.74, 6) is 0.987. The highest BCUT2D eigenvalue weighted by Gasteiger charge is 2.52. The molecule has 1 heterocycles. The lowest BCUT2D eigenvalue weighted by molar-refractivity contribution is -0.0863. The zero-order valence-electron chi connectivity index (χ0n) is 7.71. The van der Waals surface area contributed by atoms with Crippen LogP contribution in [0.1, 0.15) is 20.3 Å². The molecule has 0 unspecified atom stereocenters. The molecule has 0 radical (unpaired) electrons. The van der Waals surface area contributed by atoms with Crippen molar-refractivity contribution in [3.8, 4) is 0 Å². The van der Waals surface area contributed by atoms with Gasteiger partial charge < -0.3 is 9.84 Å². The van der Waals surface area contributed by atoms with Crippen LogP contribution >= 0.6 is 0 Å². The van der Waals surface area contributed by atoms with Gasteiger partial charge in [-0.3, -0.25) is 0 Å². The van der Waals surface area contributed by atoms with Gasteiger partial charge in [0.25, 0.3) is 0 Å². The van der Waals surface area contributed by atoms with Gasteiger partial charge in [0.15, 0.2) is 0 Å². The standard InChI is InChI=1S/C10H16O2/c1-6-5-12-10(3)7(2)8(6)4-9(10)11/h6,8-9,11H,2,4-5H2,1,3H3/t6-,8-,9-,10+/m1/s1. The smallest absolute Gasteiger partial charge is 0.112 e. The molecule has 0 aromatic rings. The SMILES string of the molecule is C=C1[C@@H]2C[C@@H](O)[C@@]1(C)OC[C@H]2C. The Morgan fingerprint density at radius 1 is 1.67 bits per heavy atom. The van der Waals surface area contributed by atoms with Crippen molar-refractivity contribution in [2.24, 2.45) is 11.8 Å². The maximum Gasteiger partial charge on any atom is 0.112 e. The van der Waals surface area contributed by atoms with Crippen molar-refractivity contribution in [2.75, 3.05) is 6.61 Å². The monoisotopic (exact) mass is 168 g/mol. The van der Waals surface area contributed by atoms with Crippen LogP contribution in [0.5, 0.6) is 0 Å². The van der Waals surface area contributed by atoms with Crippen molar-refractivity contribution in [3.63, 3.8) is 0 Å². The van der Waals surface area contributed by atoms with Crippen LogP contribution in [0.15, 0.2) is 12.2 Å². The lowest BCUT2D eigenvalue weighted by Gasteiger charge is -2.36. The van der Waals surface area contributed by atoms with Crippen molar-refractivity contribution in [1.29, 1.82) is 0 Å². The highest BCUT2D eigenvalue weighted by molar-refractivity contribution is 5.27. The number of hydrogen-bond acceptors (Lipinski definition) is 2. The van der Waals surface area contributed by atoms with E-state index in [1.54, 1.807) is 0 Å². The molecule has 1 saturated heterocycles. The quantitative estimate of drug-likeness (QED) is 0.553. The first-order chi connectivity index (χ1) is 5.55. The van der Waals surface area contributed by atoms with E-state index in [9.17, 15) is 5.11 Å². The molecule has 2 fully saturated rings. The molecular weight excluding hydrogens is 152 g/mol. The van der Waals surface area contributed by atoms with Gasteiger partial charge in [-0.1, -0.05) is 13.5 Å². The van der Waals surface area contributed by atoms with Crippen molar-refractivity contribution >= 4 is 0 Å². The van der Waals surface area contributed by atoms with E-state index < -0.39 is 5.60 Å². The van der Waals surface area contributed by atoms with Gasteiger partial charge in [-0.15, -0.1) is 0 Å². The molecule has 0 aromatic carbocycles. The van der Waals surface area contributed by atoms with E-state index in [1.165, 1.54) is 0 Å². The van der Waals surface area contributed by atoms with E-state index in [2.05, 4.69) is 13.5 Å². The van der Waals surface area contributed by atoms with Crippen LogP contribution in [0, 0.1) is 11.8 Å². The van der Waals surface area contributed by atoms with E-state index >= 15 is 0 Å². The molecule has 2 rings (SSSR count). The Kier molecular flexibility index (Phi) is 1.61. The van der Waals surface area contributed by atoms with Crippen molar-refractivity contribution < 1.29 is 9.84 Å². The summed E-state index contributed by atoms with van der Waals surface area (Å²) in [5, 5.41) is 9.76. The zero-order chi connectivity index (χ0) is 8.93. The Balaban J connectivity index is 2.34. The number of hydrogen-bond donors (Lipinski definition) is 1. The molecule has 0 spiro atoms. The Bertz CT molecular complexity index is 224. The predicted octanol–water partition coefficient (Wildman–Crippen LogP) is 1.35. The normalized spacial score (nSPS) is 52.9. The third-order valence-corrected chi connectivity index (χ3v) is 3.53. The van der Waals surface area contributed by atoms with E-state index in [0.717, 1.165) is 18.6 Å². The second-order valence-electron chi connectivity index (χ2n) is 4.28. The first kappa shape index (κ1) is 8.27. The summed E-state index contributed by atoms with van der Waals surface area (Å²) in [6.07, 6.45) is 0.483. The topological polar surface area (TPSA) is 29.5 Å². The third kappa shape index (κ3) is 0.824. The lowest BCUT2D eigenvalue weighted by Crippen LogP contribution is -2.42.